The van der Waals surface area contributed by atoms with Crippen molar-refractivity contribution in [2.75, 3.05) is 0 Å². The van der Waals surface area contributed by atoms with Crippen LogP contribution in [0.15, 0.2) is 18.5 Å². The average Bonchev–Trinajstić information content (AvgIpc) is 3.34. The summed E-state index contributed by atoms with van der Waals surface area (Å²) in [6.07, 6.45) is 5.88. The highest BCUT2D eigenvalue weighted by atomic mass is 16.5. The van der Waals surface area contributed by atoms with Gasteiger partial charge < -0.3 is 4.74 Å². The summed E-state index contributed by atoms with van der Waals surface area (Å²) in [6.45, 7) is 10.4. The van der Waals surface area contributed by atoms with Gasteiger partial charge >= 0.3 is 0 Å². The van der Waals surface area contributed by atoms with E-state index in [1.54, 1.807) is 0 Å². The maximum Gasteiger partial charge on any atom is 0.225 e. The topological polar surface area (TPSA) is 74.8 Å². The van der Waals surface area contributed by atoms with Crippen molar-refractivity contribution >= 4 is 16.7 Å². The predicted molar refractivity (Wildman–Crippen MR) is 112 cm³/mol. The quantitative estimate of drug-likeness (QED) is 0.667. The van der Waals surface area contributed by atoms with Crippen LogP contribution in [0.4, 0.5) is 0 Å². The molecule has 29 heavy (non-hydrogen) atoms. The lowest BCUT2D eigenvalue weighted by atomic mass is 10.0. The molecule has 0 saturated heterocycles. The van der Waals surface area contributed by atoms with Gasteiger partial charge in [0.15, 0.2) is 0 Å². The molecular weight excluding hydrogens is 366 g/mol. The molecule has 154 valence electrons. The molecule has 7 nitrogen and oxygen atoms in total. The van der Waals surface area contributed by atoms with Crippen LogP contribution < -0.4 is 4.74 Å². The number of Topliss-reactive ketones (excluding diaryl/α,β-unsaturated/α-hetero) is 1. The highest BCUT2D eigenvalue weighted by molar-refractivity contribution is 5.89. The SMILES string of the molecule is Cc1c2c(O[C@H](C)[C@H]3CCC(=O)C3)nc(-c3cnn(C(C)(C)C)c3)cc2nn1C. The highest BCUT2D eigenvalue weighted by Gasteiger charge is 2.29. The summed E-state index contributed by atoms with van der Waals surface area (Å²) in [5.41, 5.74) is 3.47. The van der Waals surface area contributed by atoms with Crippen LogP contribution in [-0.2, 0) is 17.4 Å². The maximum atomic E-state index is 11.7. The lowest BCUT2D eigenvalue weighted by Crippen LogP contribution is -2.22. The van der Waals surface area contributed by atoms with Gasteiger partial charge in [-0.05, 0) is 47.1 Å². The molecule has 0 N–H and O–H groups in total. The number of ketones is 1. The molecule has 0 unspecified atom stereocenters. The number of aromatic nitrogens is 5. The lowest BCUT2D eigenvalue weighted by molar-refractivity contribution is -0.117. The first-order valence-electron chi connectivity index (χ1n) is 10.2. The first-order valence-corrected chi connectivity index (χ1v) is 10.2. The van der Waals surface area contributed by atoms with E-state index >= 15 is 0 Å². The summed E-state index contributed by atoms with van der Waals surface area (Å²) in [4.78, 5) is 16.6. The van der Waals surface area contributed by atoms with E-state index in [2.05, 4.69) is 31.0 Å². The zero-order chi connectivity index (χ0) is 20.9. The number of hydrogen-bond acceptors (Lipinski definition) is 5. The Hall–Kier alpha value is -2.70. The third-order valence-electron chi connectivity index (χ3n) is 5.88. The van der Waals surface area contributed by atoms with E-state index in [0.717, 1.165) is 34.3 Å². The van der Waals surface area contributed by atoms with Crippen LogP contribution in [0.3, 0.4) is 0 Å². The largest absolute Gasteiger partial charge is 0.474 e. The summed E-state index contributed by atoms with van der Waals surface area (Å²) < 4.78 is 10.1. The molecule has 1 fully saturated rings. The second-order valence-corrected chi connectivity index (χ2v) is 9.12. The zero-order valence-electron chi connectivity index (χ0n) is 18.1. The fourth-order valence-electron chi connectivity index (χ4n) is 3.90. The Balaban J connectivity index is 1.75. The Bertz CT molecular complexity index is 1070. The number of carbonyl (C=O) groups is 1. The molecule has 4 rings (SSSR count). The number of aryl methyl sites for hydroxylation is 2. The van der Waals surface area contributed by atoms with Gasteiger partial charge in [0.05, 0.1) is 22.8 Å². The first-order chi connectivity index (χ1) is 13.6. The third kappa shape index (κ3) is 3.66. The van der Waals surface area contributed by atoms with Gasteiger partial charge in [-0.15, -0.1) is 0 Å². The van der Waals surface area contributed by atoms with Crippen LogP contribution >= 0.6 is 0 Å². The van der Waals surface area contributed by atoms with Gasteiger partial charge in [-0.3, -0.25) is 14.2 Å². The van der Waals surface area contributed by atoms with Gasteiger partial charge in [-0.25, -0.2) is 4.98 Å². The molecule has 1 aliphatic rings. The summed E-state index contributed by atoms with van der Waals surface area (Å²) in [7, 11) is 1.93. The van der Waals surface area contributed by atoms with Crippen LogP contribution in [0, 0.1) is 12.8 Å². The Labute approximate surface area is 171 Å². The number of pyridine rings is 1. The van der Waals surface area contributed by atoms with Gasteiger partial charge in [-0.1, -0.05) is 0 Å². The molecule has 0 spiro atoms. The predicted octanol–water partition coefficient (Wildman–Crippen LogP) is 4.03. The number of hydrogen-bond donors (Lipinski definition) is 0. The summed E-state index contributed by atoms with van der Waals surface area (Å²) in [5.74, 6) is 1.14. The monoisotopic (exact) mass is 395 g/mol. The summed E-state index contributed by atoms with van der Waals surface area (Å²) >= 11 is 0. The molecule has 1 aliphatic carbocycles. The molecule has 0 aliphatic heterocycles. The van der Waals surface area contributed by atoms with E-state index in [1.807, 2.05) is 48.7 Å². The summed E-state index contributed by atoms with van der Waals surface area (Å²) in [6, 6.07) is 1.99. The Morgan fingerprint density at radius 3 is 2.69 bits per heavy atom. The number of ether oxygens (including phenoxy) is 1. The maximum absolute atomic E-state index is 11.7. The molecule has 3 aromatic heterocycles. The minimum atomic E-state index is -0.104. The second-order valence-electron chi connectivity index (χ2n) is 9.12. The minimum absolute atomic E-state index is 0.0793. The van der Waals surface area contributed by atoms with E-state index < -0.39 is 0 Å². The van der Waals surface area contributed by atoms with Crippen molar-refractivity contribution in [3.05, 3.63) is 24.2 Å². The van der Waals surface area contributed by atoms with Gasteiger partial charge in [0.25, 0.3) is 0 Å². The molecule has 0 aromatic carbocycles. The normalized spacial score (nSPS) is 18.6. The molecule has 7 heteroatoms. The lowest BCUT2D eigenvalue weighted by Gasteiger charge is -2.20. The smallest absolute Gasteiger partial charge is 0.225 e. The zero-order valence-corrected chi connectivity index (χ0v) is 18.1. The van der Waals surface area contributed by atoms with Crippen LogP contribution in [0.1, 0.15) is 52.7 Å². The van der Waals surface area contributed by atoms with Crippen LogP contribution in [-0.4, -0.2) is 36.4 Å². The van der Waals surface area contributed by atoms with Crippen molar-refractivity contribution in [3.8, 4) is 17.1 Å². The van der Waals surface area contributed by atoms with Crippen molar-refractivity contribution in [1.29, 1.82) is 0 Å². The van der Waals surface area contributed by atoms with Crippen LogP contribution in [0.25, 0.3) is 22.2 Å². The fraction of sp³-hybridized carbons (Fsp3) is 0.545. The minimum Gasteiger partial charge on any atom is -0.474 e. The number of rotatable bonds is 4. The molecule has 3 aromatic rings. The van der Waals surface area contributed by atoms with Crippen LogP contribution in [0.2, 0.25) is 0 Å². The second kappa shape index (κ2) is 6.97. The van der Waals surface area contributed by atoms with E-state index in [0.29, 0.717) is 24.5 Å². The van der Waals surface area contributed by atoms with Crippen molar-refractivity contribution < 1.29 is 9.53 Å². The summed E-state index contributed by atoms with van der Waals surface area (Å²) in [5, 5.41) is 10.1. The molecule has 3 heterocycles. The molecule has 0 bridgehead atoms. The third-order valence-corrected chi connectivity index (χ3v) is 5.88. The van der Waals surface area contributed by atoms with Crippen molar-refractivity contribution in [2.45, 2.75) is 65.5 Å². The number of carbonyl (C=O) groups excluding carboxylic acids is 1. The first kappa shape index (κ1) is 19.6. The molecule has 0 radical (unpaired) electrons. The average molecular weight is 396 g/mol. The molecule has 0 amide bonds. The Morgan fingerprint density at radius 1 is 1.31 bits per heavy atom. The van der Waals surface area contributed by atoms with E-state index in [4.69, 9.17) is 9.72 Å². The van der Waals surface area contributed by atoms with Gasteiger partial charge in [-0.2, -0.15) is 10.2 Å². The van der Waals surface area contributed by atoms with E-state index in [9.17, 15) is 4.79 Å². The Kier molecular flexibility index (Phi) is 4.71. The number of nitrogens with zero attached hydrogens (tertiary/aromatic N) is 5. The van der Waals surface area contributed by atoms with Crippen LogP contribution in [0.5, 0.6) is 5.88 Å². The van der Waals surface area contributed by atoms with E-state index in [1.165, 1.54) is 0 Å². The van der Waals surface area contributed by atoms with Crippen molar-refractivity contribution in [3.63, 3.8) is 0 Å². The van der Waals surface area contributed by atoms with Gasteiger partial charge in [0.1, 0.15) is 17.4 Å². The Morgan fingerprint density at radius 2 is 2.07 bits per heavy atom. The molecular formula is C22H29N5O2. The van der Waals surface area contributed by atoms with Gasteiger partial charge in [0.2, 0.25) is 5.88 Å². The molecule has 1 saturated carbocycles. The van der Waals surface area contributed by atoms with E-state index in [-0.39, 0.29) is 17.6 Å². The number of fused-ring (bicyclic) bond motifs is 1. The highest BCUT2D eigenvalue weighted by Crippen LogP contribution is 2.34. The standard InChI is InChI=1S/C22H29N5O2/c1-13-20-19(25-26(13)6)10-18(16-11-23-27(12-16)22(3,4)5)24-21(20)29-14(2)15-7-8-17(28)9-15/h10-12,14-15H,7-9H2,1-6H3/t14-,15+/m1/s1. The van der Waals surface area contributed by atoms with Crippen molar-refractivity contribution in [2.24, 2.45) is 13.0 Å². The fourth-order valence-corrected chi connectivity index (χ4v) is 3.90. The van der Waals surface area contributed by atoms with Gasteiger partial charge in [0, 0.05) is 43.3 Å². The molecule has 2 atom stereocenters. The van der Waals surface area contributed by atoms with Crippen molar-refractivity contribution in [1.82, 2.24) is 24.5 Å².